The summed E-state index contributed by atoms with van der Waals surface area (Å²) in [7, 11) is 1.29. The summed E-state index contributed by atoms with van der Waals surface area (Å²) < 4.78 is 4.61. The minimum absolute atomic E-state index is 0.329. The van der Waals surface area contributed by atoms with Gasteiger partial charge in [0.05, 0.1) is 23.4 Å². The van der Waals surface area contributed by atoms with Gasteiger partial charge in [0.2, 0.25) is 0 Å². The standard InChI is InChI=1S/C13H17ClN2O3/c1-3-4-7-15-13(18)16-11-8-9(12(17)19-2)5-6-10(11)14/h5-6,8H,3-4,7H2,1-2H3,(H2,15,16,18). The van der Waals surface area contributed by atoms with Gasteiger partial charge in [-0.3, -0.25) is 0 Å². The number of carbonyl (C=O) groups is 2. The molecule has 0 aromatic heterocycles. The third-order valence-electron chi connectivity index (χ3n) is 2.45. The Morgan fingerprint density at radius 3 is 2.74 bits per heavy atom. The van der Waals surface area contributed by atoms with E-state index in [1.807, 2.05) is 6.92 Å². The number of carbonyl (C=O) groups excluding carboxylic acids is 2. The summed E-state index contributed by atoms with van der Waals surface area (Å²) in [6.07, 6.45) is 1.90. The molecular formula is C13H17ClN2O3. The van der Waals surface area contributed by atoms with Crippen molar-refractivity contribution >= 4 is 29.3 Å². The van der Waals surface area contributed by atoms with Crippen LogP contribution in [-0.2, 0) is 4.74 Å². The molecule has 1 aromatic carbocycles. The second kappa shape index (κ2) is 7.63. The van der Waals surface area contributed by atoms with Gasteiger partial charge in [-0.2, -0.15) is 0 Å². The Bertz CT molecular complexity index is 463. The van der Waals surface area contributed by atoms with Crippen LogP contribution in [0.4, 0.5) is 10.5 Å². The molecule has 0 heterocycles. The molecule has 0 saturated heterocycles. The Morgan fingerprint density at radius 2 is 2.11 bits per heavy atom. The number of benzene rings is 1. The fourth-order valence-electron chi connectivity index (χ4n) is 1.41. The van der Waals surface area contributed by atoms with E-state index in [4.69, 9.17) is 11.6 Å². The summed E-state index contributed by atoms with van der Waals surface area (Å²) in [6.45, 7) is 2.63. The van der Waals surface area contributed by atoms with Gasteiger partial charge in [-0.1, -0.05) is 24.9 Å². The Labute approximate surface area is 117 Å². The van der Waals surface area contributed by atoms with Crippen molar-refractivity contribution in [3.63, 3.8) is 0 Å². The molecule has 2 N–H and O–H groups in total. The third-order valence-corrected chi connectivity index (χ3v) is 2.78. The van der Waals surface area contributed by atoms with E-state index < -0.39 is 5.97 Å². The minimum atomic E-state index is -0.480. The summed E-state index contributed by atoms with van der Waals surface area (Å²) >= 11 is 5.95. The highest BCUT2D eigenvalue weighted by Crippen LogP contribution is 2.23. The molecule has 0 aliphatic heterocycles. The summed E-state index contributed by atoms with van der Waals surface area (Å²) in [5, 5.41) is 5.66. The van der Waals surface area contributed by atoms with Crippen LogP contribution >= 0.6 is 11.6 Å². The van der Waals surface area contributed by atoms with Crippen LogP contribution in [0.25, 0.3) is 0 Å². The molecule has 0 saturated carbocycles. The van der Waals surface area contributed by atoms with E-state index in [1.165, 1.54) is 25.3 Å². The van der Waals surface area contributed by atoms with Crippen LogP contribution in [0.15, 0.2) is 18.2 Å². The van der Waals surface area contributed by atoms with Crippen LogP contribution in [0.2, 0.25) is 5.02 Å². The lowest BCUT2D eigenvalue weighted by atomic mass is 10.2. The molecule has 0 aliphatic rings. The number of rotatable bonds is 5. The zero-order chi connectivity index (χ0) is 14.3. The van der Waals surface area contributed by atoms with Gasteiger partial charge in [-0.25, -0.2) is 9.59 Å². The second-order valence-corrected chi connectivity index (χ2v) is 4.33. The number of ether oxygens (including phenoxy) is 1. The third kappa shape index (κ3) is 4.79. The van der Waals surface area contributed by atoms with Crippen molar-refractivity contribution in [2.24, 2.45) is 0 Å². The first-order chi connectivity index (χ1) is 9.08. The lowest BCUT2D eigenvalue weighted by Crippen LogP contribution is -2.29. The molecule has 0 radical (unpaired) electrons. The van der Waals surface area contributed by atoms with E-state index in [0.717, 1.165) is 12.8 Å². The van der Waals surface area contributed by atoms with Crippen molar-refractivity contribution in [1.82, 2.24) is 5.32 Å². The van der Waals surface area contributed by atoms with E-state index in [2.05, 4.69) is 15.4 Å². The Hall–Kier alpha value is -1.75. The molecule has 5 nitrogen and oxygen atoms in total. The molecule has 1 aromatic rings. The number of nitrogens with one attached hydrogen (secondary N) is 2. The number of esters is 1. The van der Waals surface area contributed by atoms with Crippen LogP contribution < -0.4 is 10.6 Å². The lowest BCUT2D eigenvalue weighted by Gasteiger charge is -2.10. The minimum Gasteiger partial charge on any atom is -0.465 e. The second-order valence-electron chi connectivity index (χ2n) is 3.92. The average Bonchev–Trinajstić information content (AvgIpc) is 2.40. The summed E-state index contributed by atoms with van der Waals surface area (Å²) in [6, 6.07) is 4.20. The molecule has 6 heteroatoms. The zero-order valence-electron chi connectivity index (χ0n) is 11.0. The highest BCUT2D eigenvalue weighted by Gasteiger charge is 2.10. The average molecular weight is 285 g/mol. The number of amides is 2. The maximum Gasteiger partial charge on any atom is 0.337 e. The van der Waals surface area contributed by atoms with Crippen LogP contribution in [0.1, 0.15) is 30.1 Å². The first kappa shape index (κ1) is 15.3. The van der Waals surface area contributed by atoms with Crippen LogP contribution in [-0.4, -0.2) is 25.7 Å². The van der Waals surface area contributed by atoms with E-state index in [0.29, 0.717) is 22.8 Å². The van der Waals surface area contributed by atoms with Crippen LogP contribution in [0, 0.1) is 0 Å². The quantitative estimate of drug-likeness (QED) is 0.645. The molecular weight excluding hydrogens is 268 g/mol. The van der Waals surface area contributed by atoms with Gasteiger partial charge in [0, 0.05) is 6.54 Å². The maximum absolute atomic E-state index is 11.6. The first-order valence-corrected chi connectivity index (χ1v) is 6.39. The molecule has 0 fully saturated rings. The number of halogens is 1. The monoisotopic (exact) mass is 284 g/mol. The number of hydrogen-bond acceptors (Lipinski definition) is 3. The number of unbranched alkanes of at least 4 members (excludes halogenated alkanes) is 1. The predicted octanol–water partition coefficient (Wildman–Crippen LogP) is 3.05. The van der Waals surface area contributed by atoms with Crippen LogP contribution in [0.5, 0.6) is 0 Å². The molecule has 0 spiro atoms. The topological polar surface area (TPSA) is 67.4 Å². The fraction of sp³-hybridized carbons (Fsp3) is 0.385. The van der Waals surface area contributed by atoms with Gasteiger partial charge in [-0.15, -0.1) is 0 Å². The number of urea groups is 1. The van der Waals surface area contributed by atoms with Gasteiger partial charge >= 0.3 is 12.0 Å². The van der Waals surface area contributed by atoms with Gasteiger partial charge in [0.15, 0.2) is 0 Å². The Morgan fingerprint density at radius 1 is 1.37 bits per heavy atom. The highest BCUT2D eigenvalue weighted by molar-refractivity contribution is 6.33. The van der Waals surface area contributed by atoms with Gasteiger partial charge in [0.25, 0.3) is 0 Å². The number of hydrogen-bond donors (Lipinski definition) is 2. The summed E-state index contributed by atoms with van der Waals surface area (Å²) in [5.74, 6) is -0.480. The first-order valence-electron chi connectivity index (χ1n) is 6.01. The Kier molecular flexibility index (Phi) is 6.15. The van der Waals surface area contributed by atoms with Gasteiger partial charge < -0.3 is 15.4 Å². The van der Waals surface area contributed by atoms with Crippen molar-refractivity contribution in [3.8, 4) is 0 Å². The molecule has 0 aliphatic carbocycles. The molecule has 0 atom stereocenters. The lowest BCUT2D eigenvalue weighted by molar-refractivity contribution is 0.0600. The van der Waals surface area contributed by atoms with E-state index in [9.17, 15) is 9.59 Å². The van der Waals surface area contributed by atoms with Gasteiger partial charge in [-0.05, 0) is 24.6 Å². The van der Waals surface area contributed by atoms with E-state index in [1.54, 1.807) is 0 Å². The molecule has 19 heavy (non-hydrogen) atoms. The molecule has 0 unspecified atom stereocenters. The maximum atomic E-state index is 11.6. The van der Waals surface area contributed by atoms with Crippen molar-refractivity contribution in [3.05, 3.63) is 28.8 Å². The number of methoxy groups -OCH3 is 1. The smallest absolute Gasteiger partial charge is 0.337 e. The number of anilines is 1. The van der Waals surface area contributed by atoms with Crippen molar-refractivity contribution in [2.45, 2.75) is 19.8 Å². The predicted molar refractivity (Wildman–Crippen MR) is 74.7 cm³/mol. The molecule has 104 valence electrons. The largest absolute Gasteiger partial charge is 0.465 e. The van der Waals surface area contributed by atoms with Crippen molar-refractivity contribution in [2.75, 3.05) is 19.0 Å². The van der Waals surface area contributed by atoms with Gasteiger partial charge in [0.1, 0.15) is 0 Å². The SMILES string of the molecule is CCCCNC(=O)Nc1cc(C(=O)OC)ccc1Cl. The summed E-state index contributed by atoms with van der Waals surface area (Å²) in [4.78, 5) is 23.0. The fourth-order valence-corrected chi connectivity index (χ4v) is 1.58. The van der Waals surface area contributed by atoms with Crippen molar-refractivity contribution in [1.29, 1.82) is 0 Å². The molecule has 0 bridgehead atoms. The zero-order valence-corrected chi connectivity index (χ0v) is 11.7. The van der Waals surface area contributed by atoms with Crippen molar-refractivity contribution < 1.29 is 14.3 Å². The normalized spacial score (nSPS) is 9.84. The molecule has 2 amide bonds. The molecule has 1 rings (SSSR count). The summed E-state index contributed by atoms with van der Waals surface area (Å²) in [5.41, 5.74) is 0.703. The van der Waals surface area contributed by atoms with Crippen LogP contribution in [0.3, 0.4) is 0 Å². The van der Waals surface area contributed by atoms with E-state index in [-0.39, 0.29) is 6.03 Å². The highest BCUT2D eigenvalue weighted by atomic mass is 35.5. The Balaban J connectivity index is 2.71. The van der Waals surface area contributed by atoms with E-state index >= 15 is 0 Å².